The maximum atomic E-state index is 13.4. The fraction of sp³-hybridized carbons (Fsp3) is 0.389. The Morgan fingerprint density at radius 1 is 1.38 bits per heavy atom. The van der Waals surface area contributed by atoms with Crippen molar-refractivity contribution >= 4 is 21.6 Å². The van der Waals surface area contributed by atoms with E-state index < -0.39 is 33.6 Å². The van der Waals surface area contributed by atoms with Gasteiger partial charge in [-0.2, -0.15) is 0 Å². The van der Waals surface area contributed by atoms with E-state index in [4.69, 9.17) is 9.47 Å². The van der Waals surface area contributed by atoms with Gasteiger partial charge in [-0.1, -0.05) is 6.92 Å². The normalized spacial score (nSPS) is 17.9. The first kappa shape index (κ1) is 21.2. The highest BCUT2D eigenvalue weighted by atomic mass is 32.2. The zero-order valence-electron chi connectivity index (χ0n) is 15.9. The Bertz CT molecular complexity index is 1020. The molecule has 8 nitrogen and oxygen atoms in total. The van der Waals surface area contributed by atoms with Crippen LogP contribution in [0.2, 0.25) is 0 Å². The molecular formula is C18H21F2N3O5S. The molecule has 0 radical (unpaired) electrons. The van der Waals surface area contributed by atoms with Crippen molar-refractivity contribution in [2.45, 2.75) is 24.3 Å². The Labute approximate surface area is 166 Å². The lowest BCUT2D eigenvalue weighted by Crippen LogP contribution is -2.40. The molecule has 1 amide bonds. The van der Waals surface area contributed by atoms with E-state index in [1.165, 1.54) is 23.9 Å². The molecule has 1 aliphatic rings. The molecule has 1 atom stereocenters. The minimum Gasteiger partial charge on any atom is -0.488 e. The average Bonchev–Trinajstić information content (AvgIpc) is 2.94. The van der Waals surface area contributed by atoms with Crippen molar-refractivity contribution in [3.05, 3.63) is 41.7 Å². The third kappa shape index (κ3) is 4.57. The Morgan fingerprint density at radius 2 is 2.14 bits per heavy atom. The minimum atomic E-state index is -3.95. The molecule has 11 heteroatoms. The van der Waals surface area contributed by atoms with Crippen LogP contribution in [0.15, 0.2) is 29.3 Å². The zero-order valence-corrected chi connectivity index (χ0v) is 16.7. The number of hydrogen-bond donors (Lipinski definition) is 2. The standard InChI is InChI=1S/C18H21F2N3O5S/c1-3-6-27-9-12-10-28-17-15(29(25,26)22-12)8-23(2)16(17)18(24)21-11-4-5-13(19)14(20)7-11/h4-5,7-8,12,22H,3,6,9-10H2,1-2H3,(H,21,24)/t12-/m0/s1. The van der Waals surface area contributed by atoms with Crippen LogP contribution in [0.5, 0.6) is 5.75 Å². The molecule has 0 saturated heterocycles. The maximum Gasteiger partial charge on any atom is 0.276 e. The second-order valence-electron chi connectivity index (χ2n) is 6.57. The van der Waals surface area contributed by atoms with Crippen molar-refractivity contribution in [1.82, 2.24) is 9.29 Å². The summed E-state index contributed by atoms with van der Waals surface area (Å²) in [5, 5.41) is 2.42. The molecule has 0 aliphatic carbocycles. The van der Waals surface area contributed by atoms with E-state index in [1.54, 1.807) is 0 Å². The molecule has 0 fully saturated rings. The second kappa shape index (κ2) is 8.47. The summed E-state index contributed by atoms with van der Waals surface area (Å²) in [6, 6.07) is 2.28. The molecule has 2 heterocycles. The summed E-state index contributed by atoms with van der Waals surface area (Å²) in [5.74, 6) is -3.01. The third-order valence-electron chi connectivity index (χ3n) is 4.20. The summed E-state index contributed by atoms with van der Waals surface area (Å²) in [6.07, 6.45) is 2.04. The summed E-state index contributed by atoms with van der Waals surface area (Å²) in [7, 11) is -2.47. The molecule has 1 aromatic carbocycles. The van der Waals surface area contributed by atoms with Crippen LogP contribution in [0.3, 0.4) is 0 Å². The number of anilines is 1. The Balaban J connectivity index is 1.87. The number of aryl methyl sites for hydroxylation is 1. The third-order valence-corrected chi connectivity index (χ3v) is 5.72. The van der Waals surface area contributed by atoms with Crippen molar-refractivity contribution in [2.24, 2.45) is 7.05 Å². The fourth-order valence-electron chi connectivity index (χ4n) is 2.89. The van der Waals surface area contributed by atoms with Crippen LogP contribution in [0.25, 0.3) is 0 Å². The predicted octanol–water partition coefficient (Wildman–Crippen LogP) is 2.02. The lowest BCUT2D eigenvalue weighted by atomic mass is 10.2. The van der Waals surface area contributed by atoms with Crippen LogP contribution in [-0.2, 0) is 21.8 Å². The van der Waals surface area contributed by atoms with Crippen LogP contribution in [0.4, 0.5) is 14.5 Å². The van der Waals surface area contributed by atoms with Gasteiger partial charge in [0, 0.05) is 31.6 Å². The number of amides is 1. The maximum absolute atomic E-state index is 13.4. The SMILES string of the molecule is CCCOC[C@H]1COc2c(cn(C)c2C(=O)Nc2ccc(F)c(F)c2)S(=O)(=O)N1. The number of nitrogens with one attached hydrogen (secondary N) is 2. The molecular weight excluding hydrogens is 408 g/mol. The number of carbonyl (C=O) groups is 1. The van der Waals surface area contributed by atoms with Gasteiger partial charge < -0.3 is 19.4 Å². The molecule has 1 aliphatic heterocycles. The zero-order chi connectivity index (χ0) is 21.2. The molecule has 1 aromatic heterocycles. The van der Waals surface area contributed by atoms with E-state index >= 15 is 0 Å². The van der Waals surface area contributed by atoms with Crippen LogP contribution in [0.1, 0.15) is 23.8 Å². The van der Waals surface area contributed by atoms with Gasteiger partial charge in [-0.3, -0.25) is 4.79 Å². The number of ether oxygens (including phenoxy) is 2. The molecule has 0 unspecified atom stereocenters. The first-order chi connectivity index (χ1) is 13.7. The lowest BCUT2D eigenvalue weighted by Gasteiger charge is -2.15. The highest BCUT2D eigenvalue weighted by Crippen LogP contribution is 2.32. The molecule has 2 aromatic rings. The van der Waals surface area contributed by atoms with E-state index in [2.05, 4.69) is 10.0 Å². The molecule has 0 bridgehead atoms. The van der Waals surface area contributed by atoms with Gasteiger partial charge in [-0.15, -0.1) is 0 Å². The number of hydrogen-bond acceptors (Lipinski definition) is 5. The van der Waals surface area contributed by atoms with Crippen LogP contribution >= 0.6 is 0 Å². The van der Waals surface area contributed by atoms with Crippen molar-refractivity contribution in [1.29, 1.82) is 0 Å². The smallest absolute Gasteiger partial charge is 0.276 e. The van der Waals surface area contributed by atoms with Gasteiger partial charge in [-0.05, 0) is 18.6 Å². The van der Waals surface area contributed by atoms with Gasteiger partial charge in [0.25, 0.3) is 5.91 Å². The summed E-state index contributed by atoms with van der Waals surface area (Å²) in [5.41, 5.74) is -0.0467. The van der Waals surface area contributed by atoms with Gasteiger partial charge in [0.1, 0.15) is 11.5 Å². The van der Waals surface area contributed by atoms with Crippen LogP contribution < -0.4 is 14.8 Å². The van der Waals surface area contributed by atoms with Gasteiger partial charge >= 0.3 is 0 Å². The Morgan fingerprint density at radius 3 is 2.83 bits per heavy atom. The number of rotatable bonds is 6. The van der Waals surface area contributed by atoms with Crippen molar-refractivity contribution < 1.29 is 31.5 Å². The summed E-state index contributed by atoms with van der Waals surface area (Å²) in [4.78, 5) is 12.5. The number of carbonyl (C=O) groups excluding carboxylic acids is 1. The first-order valence-corrected chi connectivity index (χ1v) is 10.4. The summed E-state index contributed by atoms with van der Waals surface area (Å²) in [6.45, 7) is 2.50. The topological polar surface area (TPSA) is 98.7 Å². The van der Waals surface area contributed by atoms with Gasteiger partial charge in [0.2, 0.25) is 10.0 Å². The summed E-state index contributed by atoms with van der Waals surface area (Å²) < 4.78 is 66.7. The first-order valence-electron chi connectivity index (χ1n) is 8.91. The number of halogens is 2. The number of sulfonamides is 1. The van der Waals surface area contributed by atoms with Crippen LogP contribution in [-0.4, -0.2) is 44.8 Å². The van der Waals surface area contributed by atoms with E-state index in [-0.39, 0.29) is 35.2 Å². The van der Waals surface area contributed by atoms with E-state index in [0.29, 0.717) is 6.61 Å². The molecule has 0 saturated carbocycles. The Kier molecular flexibility index (Phi) is 6.20. The largest absolute Gasteiger partial charge is 0.488 e. The van der Waals surface area contributed by atoms with E-state index in [0.717, 1.165) is 18.6 Å². The van der Waals surface area contributed by atoms with Crippen molar-refractivity contribution in [3.8, 4) is 5.75 Å². The average molecular weight is 429 g/mol. The van der Waals surface area contributed by atoms with Gasteiger partial charge in [-0.25, -0.2) is 21.9 Å². The summed E-state index contributed by atoms with van der Waals surface area (Å²) >= 11 is 0. The van der Waals surface area contributed by atoms with Gasteiger partial charge in [0.15, 0.2) is 23.1 Å². The quantitative estimate of drug-likeness (QED) is 0.685. The highest BCUT2D eigenvalue weighted by Gasteiger charge is 2.34. The molecule has 3 rings (SSSR count). The van der Waals surface area contributed by atoms with Gasteiger partial charge in [0.05, 0.1) is 12.6 Å². The molecule has 0 spiro atoms. The number of fused-ring (bicyclic) bond motifs is 1. The van der Waals surface area contributed by atoms with Crippen molar-refractivity contribution in [2.75, 3.05) is 25.1 Å². The van der Waals surface area contributed by atoms with E-state index in [1.807, 2.05) is 6.92 Å². The fourth-order valence-corrected chi connectivity index (χ4v) is 4.29. The number of benzene rings is 1. The monoisotopic (exact) mass is 429 g/mol. The molecule has 158 valence electrons. The predicted molar refractivity (Wildman–Crippen MR) is 100 cm³/mol. The molecule has 29 heavy (non-hydrogen) atoms. The van der Waals surface area contributed by atoms with Crippen molar-refractivity contribution in [3.63, 3.8) is 0 Å². The Hall–Kier alpha value is -2.50. The second-order valence-corrected chi connectivity index (χ2v) is 8.25. The van der Waals surface area contributed by atoms with Crippen LogP contribution in [0, 0.1) is 11.6 Å². The number of nitrogens with zero attached hydrogens (tertiary/aromatic N) is 1. The lowest BCUT2D eigenvalue weighted by molar-refractivity contribution is 0.0982. The number of aromatic nitrogens is 1. The van der Waals surface area contributed by atoms with E-state index in [9.17, 15) is 22.0 Å². The minimum absolute atomic E-state index is 0.0179. The molecule has 2 N–H and O–H groups in total. The highest BCUT2D eigenvalue weighted by molar-refractivity contribution is 7.89.